The molecule has 0 aromatic heterocycles. The van der Waals surface area contributed by atoms with Gasteiger partial charge in [0, 0.05) is 19.1 Å². The molecule has 0 bridgehead atoms. The first kappa shape index (κ1) is 12.3. The molecule has 0 aromatic carbocycles. The molecule has 16 heavy (non-hydrogen) atoms. The van der Waals surface area contributed by atoms with E-state index in [1.807, 2.05) is 0 Å². The normalized spacial score (nSPS) is 27.8. The van der Waals surface area contributed by atoms with Crippen molar-refractivity contribution in [2.75, 3.05) is 26.2 Å². The molecule has 3 nitrogen and oxygen atoms in total. The molecule has 2 rings (SSSR count). The molecule has 0 aliphatic carbocycles. The average Bonchev–Trinajstić information content (AvgIpc) is 2.30. The van der Waals surface area contributed by atoms with Crippen molar-refractivity contribution in [1.29, 1.82) is 0 Å². The molecule has 0 saturated carbocycles. The van der Waals surface area contributed by atoms with E-state index in [-0.39, 0.29) is 0 Å². The maximum absolute atomic E-state index is 9.37. The first-order chi connectivity index (χ1) is 7.66. The molecule has 2 aliphatic rings. The molecule has 0 aromatic rings. The zero-order valence-electron chi connectivity index (χ0n) is 10.7. The van der Waals surface area contributed by atoms with Gasteiger partial charge in [0.25, 0.3) is 0 Å². The summed E-state index contributed by atoms with van der Waals surface area (Å²) in [7, 11) is 0. The van der Waals surface area contributed by atoms with Crippen LogP contribution in [-0.2, 0) is 0 Å². The average molecular weight is 226 g/mol. The second-order valence-electron chi connectivity index (χ2n) is 5.76. The second kappa shape index (κ2) is 5.48. The lowest BCUT2D eigenvalue weighted by molar-refractivity contribution is -0.117. The van der Waals surface area contributed by atoms with Crippen molar-refractivity contribution >= 4 is 0 Å². The summed E-state index contributed by atoms with van der Waals surface area (Å²) in [6.07, 6.45) is 5.13. The van der Waals surface area contributed by atoms with Crippen LogP contribution in [0.5, 0.6) is 0 Å². The van der Waals surface area contributed by atoms with Crippen LogP contribution in [0.2, 0.25) is 0 Å². The highest BCUT2D eigenvalue weighted by atomic mass is 16.5. The Labute approximate surface area is 99.4 Å². The summed E-state index contributed by atoms with van der Waals surface area (Å²) in [6.45, 7) is 8.92. The van der Waals surface area contributed by atoms with Crippen molar-refractivity contribution in [1.82, 2.24) is 9.96 Å². The van der Waals surface area contributed by atoms with Gasteiger partial charge in [-0.15, -0.1) is 0 Å². The number of hydroxylamine groups is 2. The van der Waals surface area contributed by atoms with E-state index in [0.29, 0.717) is 6.04 Å². The fourth-order valence-corrected chi connectivity index (χ4v) is 3.26. The van der Waals surface area contributed by atoms with Crippen LogP contribution in [0, 0.1) is 11.8 Å². The van der Waals surface area contributed by atoms with Crippen LogP contribution in [0.25, 0.3) is 0 Å². The summed E-state index contributed by atoms with van der Waals surface area (Å²) in [5, 5.41) is 10.9. The molecule has 0 radical (unpaired) electrons. The van der Waals surface area contributed by atoms with Crippen molar-refractivity contribution in [2.45, 2.75) is 45.6 Å². The monoisotopic (exact) mass is 226 g/mol. The quantitative estimate of drug-likeness (QED) is 0.782. The van der Waals surface area contributed by atoms with Crippen LogP contribution < -0.4 is 0 Å². The van der Waals surface area contributed by atoms with E-state index in [1.54, 1.807) is 0 Å². The minimum Gasteiger partial charge on any atom is -0.314 e. The molecule has 2 heterocycles. The zero-order valence-corrected chi connectivity index (χ0v) is 10.7. The highest BCUT2D eigenvalue weighted by Crippen LogP contribution is 2.32. The minimum absolute atomic E-state index is 0.709. The van der Waals surface area contributed by atoms with Crippen LogP contribution in [0.3, 0.4) is 0 Å². The predicted octanol–water partition coefficient (Wildman–Crippen LogP) is 2.21. The van der Waals surface area contributed by atoms with Crippen molar-refractivity contribution in [3.8, 4) is 0 Å². The van der Waals surface area contributed by atoms with Gasteiger partial charge in [0.2, 0.25) is 0 Å². The molecule has 0 atom stereocenters. The highest BCUT2D eigenvalue weighted by Gasteiger charge is 2.29. The number of hydrogen-bond donors (Lipinski definition) is 1. The van der Waals surface area contributed by atoms with E-state index in [0.717, 1.165) is 24.9 Å². The van der Waals surface area contributed by atoms with Crippen molar-refractivity contribution in [2.24, 2.45) is 11.8 Å². The van der Waals surface area contributed by atoms with Gasteiger partial charge in [0.05, 0.1) is 0 Å². The summed E-state index contributed by atoms with van der Waals surface area (Å²) in [5.74, 6) is 1.79. The minimum atomic E-state index is 0.709. The summed E-state index contributed by atoms with van der Waals surface area (Å²) in [6, 6.07) is 0.709. The lowest BCUT2D eigenvalue weighted by atomic mass is 9.79. The molecule has 3 heteroatoms. The first-order valence-corrected chi connectivity index (χ1v) is 6.84. The number of nitrogens with zero attached hydrogens (tertiary/aromatic N) is 2. The third-order valence-electron chi connectivity index (χ3n) is 4.49. The van der Waals surface area contributed by atoms with Crippen LogP contribution in [0.15, 0.2) is 0 Å². The largest absolute Gasteiger partial charge is 0.314 e. The van der Waals surface area contributed by atoms with Gasteiger partial charge in [-0.1, -0.05) is 0 Å². The Morgan fingerprint density at radius 1 is 0.875 bits per heavy atom. The Bertz CT molecular complexity index is 204. The van der Waals surface area contributed by atoms with Gasteiger partial charge in [-0.2, -0.15) is 5.06 Å². The van der Waals surface area contributed by atoms with Crippen molar-refractivity contribution in [3.63, 3.8) is 0 Å². The molecule has 2 saturated heterocycles. The third kappa shape index (κ3) is 2.96. The van der Waals surface area contributed by atoms with E-state index in [9.17, 15) is 5.21 Å². The van der Waals surface area contributed by atoms with Gasteiger partial charge >= 0.3 is 0 Å². The van der Waals surface area contributed by atoms with E-state index >= 15 is 0 Å². The molecule has 2 fully saturated rings. The molecule has 0 unspecified atom stereocenters. The SMILES string of the molecule is CC(C)N1CCC(C2CCN(O)CC2)CC1. The molecule has 94 valence electrons. The zero-order chi connectivity index (χ0) is 11.5. The maximum atomic E-state index is 9.37. The topological polar surface area (TPSA) is 26.7 Å². The van der Waals surface area contributed by atoms with Gasteiger partial charge < -0.3 is 10.1 Å². The molecule has 0 amide bonds. The number of rotatable bonds is 2. The third-order valence-corrected chi connectivity index (χ3v) is 4.49. The Morgan fingerprint density at radius 3 is 1.75 bits per heavy atom. The van der Waals surface area contributed by atoms with Crippen LogP contribution in [-0.4, -0.2) is 47.4 Å². The van der Waals surface area contributed by atoms with Gasteiger partial charge in [-0.25, -0.2) is 0 Å². The second-order valence-corrected chi connectivity index (χ2v) is 5.76. The molecular formula is C13H26N2O. The van der Waals surface area contributed by atoms with Gasteiger partial charge in [-0.3, -0.25) is 0 Å². The van der Waals surface area contributed by atoms with Crippen LogP contribution in [0.4, 0.5) is 0 Å². The van der Waals surface area contributed by atoms with Crippen molar-refractivity contribution < 1.29 is 5.21 Å². The number of piperidine rings is 2. The fourth-order valence-electron chi connectivity index (χ4n) is 3.26. The lowest BCUT2D eigenvalue weighted by Crippen LogP contribution is -2.42. The fraction of sp³-hybridized carbons (Fsp3) is 1.00. The molecular weight excluding hydrogens is 200 g/mol. The molecule has 1 N–H and O–H groups in total. The summed E-state index contributed by atoms with van der Waals surface area (Å²) >= 11 is 0. The summed E-state index contributed by atoms with van der Waals surface area (Å²) in [5.41, 5.74) is 0. The lowest BCUT2D eigenvalue weighted by Gasteiger charge is -2.40. The Balaban J connectivity index is 1.76. The van der Waals surface area contributed by atoms with E-state index < -0.39 is 0 Å². The maximum Gasteiger partial charge on any atom is 0.0240 e. The predicted molar refractivity (Wildman–Crippen MR) is 65.5 cm³/mol. The number of likely N-dealkylation sites (tertiary alicyclic amines) is 1. The summed E-state index contributed by atoms with van der Waals surface area (Å²) in [4.78, 5) is 2.59. The smallest absolute Gasteiger partial charge is 0.0240 e. The van der Waals surface area contributed by atoms with Gasteiger partial charge in [0.1, 0.15) is 0 Å². The highest BCUT2D eigenvalue weighted by molar-refractivity contribution is 4.81. The molecule has 0 spiro atoms. The Kier molecular flexibility index (Phi) is 4.22. The summed E-state index contributed by atoms with van der Waals surface area (Å²) < 4.78 is 0. The molecule has 2 aliphatic heterocycles. The van der Waals surface area contributed by atoms with Gasteiger partial charge in [0.15, 0.2) is 0 Å². The standard InChI is InChI=1S/C13H26N2O/c1-11(2)14-7-3-12(4-8-14)13-5-9-15(16)10-6-13/h11-13,16H,3-10H2,1-2H3. The number of hydrogen-bond acceptors (Lipinski definition) is 3. The van der Waals surface area contributed by atoms with Gasteiger partial charge in [-0.05, 0) is 64.5 Å². The van der Waals surface area contributed by atoms with Crippen molar-refractivity contribution in [3.05, 3.63) is 0 Å². The van der Waals surface area contributed by atoms with E-state index in [4.69, 9.17) is 0 Å². The van der Waals surface area contributed by atoms with Crippen LogP contribution >= 0.6 is 0 Å². The van der Waals surface area contributed by atoms with E-state index in [1.165, 1.54) is 43.8 Å². The van der Waals surface area contributed by atoms with E-state index in [2.05, 4.69) is 18.7 Å². The Hall–Kier alpha value is -0.120. The first-order valence-electron chi connectivity index (χ1n) is 6.84. The van der Waals surface area contributed by atoms with Crippen LogP contribution in [0.1, 0.15) is 39.5 Å². The Morgan fingerprint density at radius 2 is 1.31 bits per heavy atom.